The molecular weight excluding hydrogens is 292 g/mol. The lowest BCUT2D eigenvalue weighted by Crippen LogP contribution is -2.11. The van der Waals surface area contributed by atoms with E-state index >= 15 is 0 Å². The Morgan fingerprint density at radius 2 is 1.38 bits per heavy atom. The molecule has 0 aromatic heterocycles. The number of hydrogen-bond acceptors (Lipinski definition) is 4. The summed E-state index contributed by atoms with van der Waals surface area (Å²) in [6.07, 6.45) is 7.83. The van der Waals surface area contributed by atoms with Crippen molar-refractivity contribution in [1.82, 2.24) is 0 Å². The molecule has 0 radical (unpaired) electrons. The molecule has 4 nitrogen and oxygen atoms in total. The minimum atomic E-state index is -0.166. The maximum atomic E-state index is 11.3. The molecule has 0 bridgehead atoms. The molecule has 0 aliphatic heterocycles. The second kappa shape index (κ2) is 14.2. The zero-order valence-corrected chi connectivity index (χ0v) is 14.1. The monoisotopic (exact) mass is 320 g/mol. The molecule has 0 N–H and O–H groups in total. The van der Waals surface area contributed by atoms with Gasteiger partial charge in [-0.2, -0.15) is 0 Å². The van der Waals surface area contributed by atoms with Crippen LogP contribution < -0.4 is 0 Å². The van der Waals surface area contributed by atoms with Crippen LogP contribution in [-0.2, 0) is 19.1 Å². The number of halogens is 1. The van der Waals surface area contributed by atoms with Crippen LogP contribution in [0.4, 0.5) is 0 Å². The maximum Gasteiger partial charge on any atom is 0.305 e. The van der Waals surface area contributed by atoms with Crippen LogP contribution in [0.3, 0.4) is 0 Å². The molecule has 0 amide bonds. The molecule has 0 spiro atoms. The molecule has 0 rings (SSSR count). The van der Waals surface area contributed by atoms with Gasteiger partial charge >= 0.3 is 11.9 Å². The van der Waals surface area contributed by atoms with Crippen molar-refractivity contribution in [3.63, 3.8) is 0 Å². The van der Waals surface area contributed by atoms with Crippen LogP contribution in [0.25, 0.3) is 0 Å². The molecule has 0 aromatic carbocycles. The Kier molecular flexibility index (Phi) is 13.7. The normalized spacial score (nSPS) is 12.0. The van der Waals surface area contributed by atoms with Gasteiger partial charge in [0.25, 0.3) is 0 Å². The molecule has 0 saturated heterocycles. The van der Waals surface area contributed by atoms with Crippen molar-refractivity contribution in [2.45, 2.75) is 77.0 Å². The van der Waals surface area contributed by atoms with Crippen molar-refractivity contribution in [2.75, 3.05) is 13.2 Å². The fraction of sp³-hybridized carbons (Fsp3) is 0.875. The topological polar surface area (TPSA) is 52.6 Å². The number of hydrogen-bond donors (Lipinski definition) is 0. The Morgan fingerprint density at radius 3 is 1.86 bits per heavy atom. The predicted octanol–water partition coefficient (Wildman–Crippen LogP) is 4.23. The smallest absolute Gasteiger partial charge is 0.305 e. The molecule has 0 aromatic rings. The van der Waals surface area contributed by atoms with Gasteiger partial charge in [-0.3, -0.25) is 9.59 Å². The molecule has 21 heavy (non-hydrogen) atoms. The van der Waals surface area contributed by atoms with Crippen molar-refractivity contribution >= 4 is 23.5 Å². The van der Waals surface area contributed by atoms with E-state index in [0.717, 1.165) is 44.9 Å². The van der Waals surface area contributed by atoms with Gasteiger partial charge in [0.1, 0.15) is 6.61 Å². The van der Waals surface area contributed by atoms with E-state index in [4.69, 9.17) is 21.1 Å². The molecule has 1 unspecified atom stereocenters. The Bertz CT molecular complexity index is 279. The third kappa shape index (κ3) is 15.4. The molecule has 124 valence electrons. The van der Waals surface area contributed by atoms with E-state index in [2.05, 4.69) is 0 Å². The summed E-state index contributed by atoms with van der Waals surface area (Å²) in [4.78, 5) is 22.6. The maximum absolute atomic E-state index is 11.3. The van der Waals surface area contributed by atoms with Crippen molar-refractivity contribution < 1.29 is 19.1 Å². The summed E-state index contributed by atoms with van der Waals surface area (Å²) in [6.45, 7) is 4.60. The van der Waals surface area contributed by atoms with E-state index in [-0.39, 0.29) is 23.9 Å². The first-order chi connectivity index (χ1) is 10.1. The van der Waals surface area contributed by atoms with Gasteiger partial charge < -0.3 is 9.47 Å². The number of esters is 2. The van der Waals surface area contributed by atoms with Crippen LogP contribution in [0.15, 0.2) is 0 Å². The third-order valence-electron chi connectivity index (χ3n) is 2.95. The number of unbranched alkanes of at least 4 members (excludes halogenated alkanes) is 5. The average molecular weight is 321 g/mol. The SMILES string of the molecule is CCCOC(=O)CCCCCCCCC(=O)OCC(C)Cl. The van der Waals surface area contributed by atoms with E-state index in [0.29, 0.717) is 19.4 Å². The van der Waals surface area contributed by atoms with Gasteiger partial charge in [-0.1, -0.05) is 32.6 Å². The second-order valence-electron chi connectivity index (χ2n) is 5.31. The van der Waals surface area contributed by atoms with E-state index in [9.17, 15) is 9.59 Å². The Morgan fingerprint density at radius 1 is 0.905 bits per heavy atom. The van der Waals surface area contributed by atoms with Crippen LogP contribution in [0.2, 0.25) is 0 Å². The van der Waals surface area contributed by atoms with Crippen LogP contribution in [0.1, 0.15) is 71.6 Å². The van der Waals surface area contributed by atoms with Crippen LogP contribution in [-0.4, -0.2) is 30.5 Å². The van der Waals surface area contributed by atoms with Crippen molar-refractivity contribution in [2.24, 2.45) is 0 Å². The minimum absolute atomic E-state index is 0.0897. The van der Waals surface area contributed by atoms with Crippen LogP contribution >= 0.6 is 11.6 Å². The number of ether oxygens (including phenoxy) is 2. The van der Waals surface area contributed by atoms with E-state index in [1.54, 1.807) is 6.92 Å². The summed E-state index contributed by atoms with van der Waals surface area (Å²) in [5.74, 6) is -0.255. The third-order valence-corrected chi connectivity index (χ3v) is 3.08. The molecular formula is C16H29ClO4. The summed E-state index contributed by atoms with van der Waals surface area (Å²) >= 11 is 5.69. The molecule has 1 atom stereocenters. The fourth-order valence-electron chi connectivity index (χ4n) is 1.81. The Labute approximate surface area is 133 Å². The predicted molar refractivity (Wildman–Crippen MR) is 84.5 cm³/mol. The lowest BCUT2D eigenvalue weighted by Gasteiger charge is -2.06. The highest BCUT2D eigenvalue weighted by molar-refractivity contribution is 6.20. The zero-order chi connectivity index (χ0) is 15.9. The van der Waals surface area contributed by atoms with Gasteiger partial charge in [-0.05, 0) is 26.2 Å². The van der Waals surface area contributed by atoms with E-state index in [1.807, 2.05) is 6.92 Å². The summed E-state index contributed by atoms with van der Waals surface area (Å²) in [5, 5.41) is -0.127. The molecule has 0 aliphatic rings. The molecule has 0 heterocycles. The molecule has 0 aliphatic carbocycles. The first-order valence-electron chi connectivity index (χ1n) is 8.01. The molecule has 0 fully saturated rings. The standard InChI is InChI=1S/C16H29ClO4/c1-3-12-20-15(18)10-8-6-4-5-7-9-11-16(19)21-13-14(2)17/h14H,3-13H2,1-2H3. The fourth-order valence-corrected chi connectivity index (χ4v) is 1.88. The lowest BCUT2D eigenvalue weighted by atomic mass is 10.1. The van der Waals surface area contributed by atoms with E-state index < -0.39 is 0 Å². The van der Waals surface area contributed by atoms with Gasteiger partial charge in [-0.15, -0.1) is 11.6 Å². The summed E-state index contributed by atoms with van der Waals surface area (Å²) in [5.41, 5.74) is 0. The summed E-state index contributed by atoms with van der Waals surface area (Å²) in [6, 6.07) is 0. The van der Waals surface area contributed by atoms with Crippen LogP contribution in [0.5, 0.6) is 0 Å². The van der Waals surface area contributed by atoms with Gasteiger partial charge in [0.15, 0.2) is 0 Å². The van der Waals surface area contributed by atoms with Gasteiger partial charge in [-0.25, -0.2) is 0 Å². The van der Waals surface area contributed by atoms with Crippen molar-refractivity contribution in [3.05, 3.63) is 0 Å². The average Bonchev–Trinajstić information content (AvgIpc) is 2.45. The van der Waals surface area contributed by atoms with Crippen molar-refractivity contribution in [1.29, 1.82) is 0 Å². The molecule has 5 heteroatoms. The second-order valence-corrected chi connectivity index (χ2v) is 6.05. The highest BCUT2D eigenvalue weighted by Gasteiger charge is 2.05. The van der Waals surface area contributed by atoms with Gasteiger partial charge in [0.05, 0.1) is 12.0 Å². The Hall–Kier alpha value is -0.770. The van der Waals surface area contributed by atoms with Crippen LogP contribution in [0, 0.1) is 0 Å². The van der Waals surface area contributed by atoms with Crippen molar-refractivity contribution in [3.8, 4) is 0 Å². The Balaban J connectivity index is 3.25. The number of carbonyl (C=O) groups is 2. The number of rotatable bonds is 13. The number of alkyl halides is 1. The summed E-state index contributed by atoms with van der Waals surface area (Å²) < 4.78 is 9.99. The quantitative estimate of drug-likeness (QED) is 0.289. The van der Waals surface area contributed by atoms with E-state index in [1.165, 1.54) is 0 Å². The first kappa shape index (κ1) is 20.2. The van der Waals surface area contributed by atoms with Gasteiger partial charge in [0.2, 0.25) is 0 Å². The highest BCUT2D eigenvalue weighted by atomic mass is 35.5. The summed E-state index contributed by atoms with van der Waals surface area (Å²) in [7, 11) is 0. The highest BCUT2D eigenvalue weighted by Crippen LogP contribution is 2.10. The zero-order valence-electron chi connectivity index (χ0n) is 13.4. The largest absolute Gasteiger partial charge is 0.466 e. The first-order valence-corrected chi connectivity index (χ1v) is 8.45. The molecule has 0 saturated carbocycles. The number of carbonyl (C=O) groups excluding carboxylic acids is 2. The van der Waals surface area contributed by atoms with Gasteiger partial charge in [0, 0.05) is 12.8 Å². The minimum Gasteiger partial charge on any atom is -0.466 e. The lowest BCUT2D eigenvalue weighted by molar-refractivity contribution is -0.144.